The minimum atomic E-state index is -4.09. The summed E-state index contributed by atoms with van der Waals surface area (Å²) in [4.78, 5) is 0.247. The summed E-state index contributed by atoms with van der Waals surface area (Å²) >= 11 is 0. The van der Waals surface area contributed by atoms with Crippen molar-refractivity contribution in [1.82, 2.24) is 12.9 Å². The molecule has 0 aromatic heterocycles. The van der Waals surface area contributed by atoms with E-state index in [1.807, 2.05) is 20.8 Å². The predicted octanol–water partition coefficient (Wildman–Crippen LogP) is 3.01. The van der Waals surface area contributed by atoms with Gasteiger partial charge in [0.15, 0.2) is 0 Å². The molecular formula is C29H37N3O7S3. The summed E-state index contributed by atoms with van der Waals surface area (Å²) in [5, 5.41) is 0. The Bertz CT molecular complexity index is 1590. The SMILES string of the molecule is Cc1ccc(S(=O)(=O)N2CCOCCN(S(=O)(=O)c3ccc(C)cc3)CCN(S(=O)(=O)c3ccc(C)cc3)CC2)cc1. The van der Waals surface area contributed by atoms with E-state index in [-0.39, 0.29) is 67.2 Å². The van der Waals surface area contributed by atoms with Crippen LogP contribution in [0.5, 0.6) is 0 Å². The van der Waals surface area contributed by atoms with Gasteiger partial charge in [0.2, 0.25) is 30.1 Å². The van der Waals surface area contributed by atoms with Gasteiger partial charge in [-0.3, -0.25) is 0 Å². The molecule has 1 saturated heterocycles. The fraction of sp³-hybridized carbons (Fsp3) is 0.379. The molecule has 1 aliphatic heterocycles. The third-order valence-corrected chi connectivity index (χ3v) is 12.9. The molecule has 0 unspecified atom stereocenters. The lowest BCUT2D eigenvalue weighted by Crippen LogP contribution is -2.47. The molecule has 1 fully saturated rings. The molecule has 1 heterocycles. The Kier molecular flexibility index (Phi) is 10.2. The lowest BCUT2D eigenvalue weighted by Gasteiger charge is -2.30. The van der Waals surface area contributed by atoms with Crippen molar-refractivity contribution >= 4 is 30.1 Å². The van der Waals surface area contributed by atoms with Crippen molar-refractivity contribution < 1.29 is 30.0 Å². The number of hydrogen-bond donors (Lipinski definition) is 0. The summed E-state index contributed by atoms with van der Waals surface area (Å²) in [6.45, 7) is 4.87. The fourth-order valence-corrected chi connectivity index (χ4v) is 8.77. The van der Waals surface area contributed by atoms with Crippen LogP contribution in [0.4, 0.5) is 0 Å². The van der Waals surface area contributed by atoms with E-state index >= 15 is 0 Å². The van der Waals surface area contributed by atoms with Crippen molar-refractivity contribution in [1.29, 1.82) is 0 Å². The Labute approximate surface area is 249 Å². The van der Waals surface area contributed by atoms with Crippen LogP contribution >= 0.6 is 0 Å². The van der Waals surface area contributed by atoms with E-state index in [1.165, 1.54) is 45.0 Å². The Morgan fingerprint density at radius 3 is 0.929 bits per heavy atom. The molecule has 0 bridgehead atoms. The Hall–Kier alpha value is -2.65. The minimum Gasteiger partial charge on any atom is -0.379 e. The lowest BCUT2D eigenvalue weighted by atomic mass is 10.2. The van der Waals surface area contributed by atoms with E-state index in [0.717, 1.165) is 21.0 Å². The van der Waals surface area contributed by atoms with Crippen LogP contribution in [-0.4, -0.2) is 90.7 Å². The summed E-state index contributed by atoms with van der Waals surface area (Å²) in [5.41, 5.74) is 2.70. The Morgan fingerprint density at radius 1 is 0.429 bits per heavy atom. The number of aryl methyl sites for hydroxylation is 3. The lowest BCUT2D eigenvalue weighted by molar-refractivity contribution is 0.108. The van der Waals surface area contributed by atoms with Crippen molar-refractivity contribution in [3.05, 3.63) is 89.5 Å². The quantitative estimate of drug-likeness (QED) is 0.408. The summed E-state index contributed by atoms with van der Waals surface area (Å²) in [6.07, 6.45) is 0. The smallest absolute Gasteiger partial charge is 0.243 e. The van der Waals surface area contributed by atoms with E-state index in [0.29, 0.717) is 0 Å². The molecule has 228 valence electrons. The molecule has 4 rings (SSSR count). The van der Waals surface area contributed by atoms with Crippen LogP contribution < -0.4 is 0 Å². The molecule has 0 atom stereocenters. The first-order valence-corrected chi connectivity index (χ1v) is 17.9. The van der Waals surface area contributed by atoms with Crippen molar-refractivity contribution in [3.8, 4) is 0 Å². The largest absolute Gasteiger partial charge is 0.379 e. The summed E-state index contributed by atoms with van der Waals surface area (Å²) in [6, 6.07) is 19.3. The topological polar surface area (TPSA) is 121 Å². The average Bonchev–Trinajstić information content (AvgIpc) is 2.93. The van der Waals surface area contributed by atoms with Crippen molar-refractivity contribution in [2.24, 2.45) is 0 Å². The normalized spacial score (nSPS) is 17.8. The maximum Gasteiger partial charge on any atom is 0.243 e. The third kappa shape index (κ3) is 7.46. The second-order valence-corrected chi connectivity index (χ2v) is 16.1. The van der Waals surface area contributed by atoms with Crippen molar-refractivity contribution in [3.63, 3.8) is 0 Å². The first-order valence-electron chi connectivity index (χ1n) is 13.6. The Balaban J connectivity index is 1.67. The van der Waals surface area contributed by atoms with Gasteiger partial charge in [0.1, 0.15) is 0 Å². The molecule has 42 heavy (non-hydrogen) atoms. The highest BCUT2D eigenvalue weighted by molar-refractivity contribution is 7.89. The van der Waals surface area contributed by atoms with Gasteiger partial charge in [-0.2, -0.15) is 12.9 Å². The maximum absolute atomic E-state index is 13.8. The number of benzene rings is 3. The molecule has 0 N–H and O–H groups in total. The summed E-state index contributed by atoms with van der Waals surface area (Å²) in [5.74, 6) is 0. The minimum absolute atomic E-state index is 0.00816. The highest BCUT2D eigenvalue weighted by atomic mass is 32.2. The third-order valence-electron chi connectivity index (χ3n) is 7.14. The zero-order valence-electron chi connectivity index (χ0n) is 24.0. The van der Waals surface area contributed by atoms with Gasteiger partial charge in [0, 0.05) is 39.3 Å². The van der Waals surface area contributed by atoms with Crippen LogP contribution in [0.25, 0.3) is 0 Å². The molecule has 10 nitrogen and oxygen atoms in total. The number of rotatable bonds is 6. The Morgan fingerprint density at radius 2 is 0.667 bits per heavy atom. The number of sulfonamides is 3. The van der Waals surface area contributed by atoms with E-state index < -0.39 is 30.1 Å². The summed E-state index contributed by atoms with van der Waals surface area (Å²) in [7, 11) is -12.0. The van der Waals surface area contributed by atoms with Gasteiger partial charge in [0.05, 0.1) is 27.9 Å². The first kappa shape index (κ1) is 32.3. The summed E-state index contributed by atoms with van der Waals surface area (Å²) < 4.78 is 91.2. The van der Waals surface area contributed by atoms with E-state index in [1.54, 1.807) is 36.4 Å². The van der Waals surface area contributed by atoms with Crippen LogP contribution in [0.3, 0.4) is 0 Å². The van der Waals surface area contributed by atoms with Crippen LogP contribution in [0.2, 0.25) is 0 Å². The molecule has 0 spiro atoms. The monoisotopic (exact) mass is 635 g/mol. The van der Waals surface area contributed by atoms with Gasteiger partial charge >= 0.3 is 0 Å². The van der Waals surface area contributed by atoms with Crippen LogP contribution in [-0.2, 0) is 34.8 Å². The predicted molar refractivity (Wildman–Crippen MR) is 161 cm³/mol. The van der Waals surface area contributed by atoms with Crippen LogP contribution in [0.15, 0.2) is 87.5 Å². The molecule has 0 saturated carbocycles. The van der Waals surface area contributed by atoms with E-state index in [4.69, 9.17) is 4.74 Å². The van der Waals surface area contributed by atoms with Gasteiger partial charge < -0.3 is 4.74 Å². The molecule has 13 heteroatoms. The van der Waals surface area contributed by atoms with Gasteiger partial charge in [-0.15, -0.1) is 0 Å². The molecule has 3 aromatic carbocycles. The molecule has 1 aliphatic rings. The van der Waals surface area contributed by atoms with Gasteiger partial charge in [-0.05, 0) is 57.2 Å². The molecular weight excluding hydrogens is 599 g/mol. The van der Waals surface area contributed by atoms with Crippen LogP contribution in [0, 0.1) is 20.8 Å². The van der Waals surface area contributed by atoms with E-state index in [2.05, 4.69) is 0 Å². The van der Waals surface area contributed by atoms with Gasteiger partial charge in [-0.25, -0.2) is 25.3 Å². The molecule has 3 aromatic rings. The average molecular weight is 636 g/mol. The van der Waals surface area contributed by atoms with Crippen molar-refractivity contribution in [2.45, 2.75) is 35.5 Å². The second-order valence-electron chi connectivity index (χ2n) is 10.3. The number of nitrogens with zero attached hydrogens (tertiary/aromatic N) is 3. The number of hydrogen-bond acceptors (Lipinski definition) is 7. The standard InChI is InChI=1S/C29H37N3O7S3/c1-24-4-10-27(11-5-24)40(33,34)30-16-18-31(41(35,36)28-12-6-25(2)7-13-28)20-22-39-23-21-32(19-17-30)42(37,38)29-14-8-26(3)9-15-29/h4-15H,16-23H2,1-3H3. The maximum atomic E-state index is 13.8. The van der Waals surface area contributed by atoms with Gasteiger partial charge in [-0.1, -0.05) is 53.1 Å². The zero-order valence-corrected chi connectivity index (χ0v) is 26.5. The highest BCUT2D eigenvalue weighted by Gasteiger charge is 2.32. The van der Waals surface area contributed by atoms with E-state index in [9.17, 15) is 25.3 Å². The van der Waals surface area contributed by atoms with Gasteiger partial charge in [0.25, 0.3) is 0 Å². The molecule has 0 radical (unpaired) electrons. The molecule has 0 amide bonds. The van der Waals surface area contributed by atoms with Crippen molar-refractivity contribution in [2.75, 3.05) is 52.5 Å². The highest BCUT2D eigenvalue weighted by Crippen LogP contribution is 2.22. The van der Waals surface area contributed by atoms with Crippen LogP contribution in [0.1, 0.15) is 16.7 Å². The molecule has 0 aliphatic carbocycles. The zero-order chi connectivity index (χ0) is 30.5. The second kappa shape index (κ2) is 13.3. The fourth-order valence-electron chi connectivity index (χ4n) is 4.52. The number of ether oxygens (including phenoxy) is 1. The first-order chi connectivity index (χ1) is 19.8.